The maximum atomic E-state index is 9.71. The molecule has 0 amide bonds. The lowest BCUT2D eigenvalue weighted by molar-refractivity contribution is 0.0322. The van der Waals surface area contributed by atoms with Crippen molar-refractivity contribution < 1.29 is 19.1 Å². The van der Waals surface area contributed by atoms with Crippen LogP contribution in [0.15, 0.2) is 58.4 Å². The van der Waals surface area contributed by atoms with Crippen LogP contribution in [0.25, 0.3) is 27.9 Å². The highest BCUT2D eigenvalue weighted by Crippen LogP contribution is 2.28. The minimum absolute atomic E-state index is 0.00779. The van der Waals surface area contributed by atoms with Crippen LogP contribution < -0.4 is 10.1 Å². The Balaban J connectivity index is 1.41. The molecule has 0 saturated carbocycles. The number of morpholine rings is 1. The van der Waals surface area contributed by atoms with Crippen molar-refractivity contribution in [1.82, 2.24) is 14.3 Å². The van der Waals surface area contributed by atoms with Gasteiger partial charge in [0.05, 0.1) is 18.6 Å². The summed E-state index contributed by atoms with van der Waals surface area (Å²) in [5.41, 5.74) is 3.48. The molecule has 1 aromatic carbocycles. The first-order valence-corrected chi connectivity index (χ1v) is 11.6. The van der Waals surface area contributed by atoms with E-state index in [-0.39, 0.29) is 5.41 Å². The van der Waals surface area contributed by atoms with Crippen molar-refractivity contribution in [3.05, 3.63) is 59.8 Å². The van der Waals surface area contributed by atoms with Gasteiger partial charge in [0.25, 0.3) is 0 Å². The summed E-state index contributed by atoms with van der Waals surface area (Å²) in [6.07, 6.45) is 1.81. The number of nitrogens with zero attached hydrogens (tertiary/aromatic N) is 4. The number of aromatic nitrogens is 2. The third-order valence-electron chi connectivity index (χ3n) is 6.17. The Morgan fingerprint density at radius 1 is 1.09 bits per heavy atom. The summed E-state index contributed by atoms with van der Waals surface area (Å²) in [6, 6.07) is 13.4. The van der Waals surface area contributed by atoms with Crippen LogP contribution in [0.2, 0.25) is 0 Å². The van der Waals surface area contributed by atoms with E-state index in [1.54, 1.807) is 6.07 Å². The molecule has 0 bridgehead atoms. The fraction of sp³-hybridized carbons (Fsp3) is 0.385. The van der Waals surface area contributed by atoms with E-state index in [0.29, 0.717) is 40.1 Å². The average molecular weight is 463 g/mol. The van der Waals surface area contributed by atoms with Gasteiger partial charge in [0.15, 0.2) is 5.76 Å². The van der Waals surface area contributed by atoms with Crippen molar-refractivity contribution in [2.24, 2.45) is 5.16 Å². The van der Waals surface area contributed by atoms with E-state index in [4.69, 9.17) is 13.9 Å². The van der Waals surface area contributed by atoms with Gasteiger partial charge < -0.3 is 23.5 Å². The van der Waals surface area contributed by atoms with Gasteiger partial charge in [0.1, 0.15) is 35.3 Å². The van der Waals surface area contributed by atoms with Gasteiger partial charge in [0.2, 0.25) is 0 Å². The zero-order chi connectivity index (χ0) is 23.7. The highest BCUT2D eigenvalue weighted by molar-refractivity contribution is 5.80. The van der Waals surface area contributed by atoms with Gasteiger partial charge in [-0.2, -0.15) is 0 Å². The van der Waals surface area contributed by atoms with Crippen LogP contribution >= 0.6 is 0 Å². The Labute approximate surface area is 198 Å². The Hall–Kier alpha value is -3.36. The molecule has 5 rings (SSSR count). The maximum absolute atomic E-state index is 9.71. The average Bonchev–Trinajstić information content (AvgIpc) is 3.28. The molecule has 1 fully saturated rings. The summed E-state index contributed by atoms with van der Waals surface area (Å²) in [6.45, 7) is 11.3. The third-order valence-corrected chi connectivity index (χ3v) is 6.17. The molecule has 0 radical (unpaired) electrons. The molecular formula is C26H30N4O4. The monoisotopic (exact) mass is 462 g/mol. The van der Waals surface area contributed by atoms with Gasteiger partial charge in [-0.05, 0) is 36.4 Å². The summed E-state index contributed by atoms with van der Waals surface area (Å²) in [5, 5.41) is 14.3. The molecule has 0 atom stereocenters. The predicted molar refractivity (Wildman–Crippen MR) is 129 cm³/mol. The number of fused-ring (bicyclic) bond motifs is 2. The molecule has 0 aliphatic carbocycles. The molecule has 178 valence electrons. The molecule has 1 N–H and O–H groups in total. The molecule has 8 nitrogen and oxygen atoms in total. The van der Waals surface area contributed by atoms with E-state index < -0.39 is 0 Å². The van der Waals surface area contributed by atoms with Crippen molar-refractivity contribution in [3.63, 3.8) is 0 Å². The van der Waals surface area contributed by atoms with Gasteiger partial charge in [-0.3, -0.25) is 4.90 Å². The molecule has 34 heavy (non-hydrogen) atoms. The number of ether oxygens (including phenoxy) is 2. The van der Waals surface area contributed by atoms with Crippen LogP contribution in [-0.4, -0.2) is 58.9 Å². The standard InChI is InChI=1S/C26H30N4O4/c1-26(2,3)25-7-4-18-14-22(27-17-30(18)25)24-16-21(28-31)20-15-19(5-6-23(20)34-24)33-13-10-29-8-11-32-12-9-29/h4-7,14-17,31H,8-13H2,1-3H3. The van der Waals surface area contributed by atoms with Crippen LogP contribution in [0.4, 0.5) is 0 Å². The molecule has 8 heteroatoms. The van der Waals surface area contributed by atoms with E-state index in [2.05, 4.69) is 52.3 Å². The first-order valence-electron chi connectivity index (χ1n) is 11.6. The summed E-state index contributed by atoms with van der Waals surface area (Å²) < 4.78 is 19.6. The van der Waals surface area contributed by atoms with E-state index in [1.165, 1.54) is 5.69 Å². The van der Waals surface area contributed by atoms with Crippen LogP contribution in [0, 0.1) is 0 Å². The predicted octanol–water partition coefficient (Wildman–Crippen LogP) is 4.05. The highest BCUT2D eigenvalue weighted by Gasteiger charge is 2.18. The van der Waals surface area contributed by atoms with Crippen LogP contribution in [0.3, 0.4) is 0 Å². The Kier molecular flexibility index (Phi) is 6.02. The van der Waals surface area contributed by atoms with Gasteiger partial charge in [-0.25, -0.2) is 4.98 Å². The van der Waals surface area contributed by atoms with Crippen LogP contribution in [-0.2, 0) is 10.2 Å². The van der Waals surface area contributed by atoms with Crippen molar-refractivity contribution >= 4 is 16.5 Å². The lowest BCUT2D eigenvalue weighted by Crippen LogP contribution is -2.38. The Morgan fingerprint density at radius 2 is 1.91 bits per heavy atom. The van der Waals surface area contributed by atoms with Crippen molar-refractivity contribution in [2.75, 3.05) is 39.5 Å². The SMILES string of the molecule is CC(C)(C)c1ccc2cc(-c3cc(=NO)c4cc(OCCN5CCOCC5)ccc4o3)ncn12. The normalized spacial score (nSPS) is 15.9. The van der Waals surface area contributed by atoms with Crippen LogP contribution in [0.1, 0.15) is 26.5 Å². The zero-order valence-electron chi connectivity index (χ0n) is 19.8. The van der Waals surface area contributed by atoms with Crippen molar-refractivity contribution in [2.45, 2.75) is 26.2 Å². The second-order valence-electron chi connectivity index (χ2n) is 9.59. The van der Waals surface area contributed by atoms with Crippen molar-refractivity contribution in [1.29, 1.82) is 0 Å². The smallest absolute Gasteiger partial charge is 0.155 e. The second-order valence-corrected chi connectivity index (χ2v) is 9.59. The Morgan fingerprint density at radius 3 is 2.68 bits per heavy atom. The van der Waals surface area contributed by atoms with Gasteiger partial charge >= 0.3 is 0 Å². The van der Waals surface area contributed by atoms with E-state index in [9.17, 15) is 5.21 Å². The minimum atomic E-state index is 0.00779. The molecule has 0 unspecified atom stereocenters. The van der Waals surface area contributed by atoms with E-state index >= 15 is 0 Å². The first-order chi connectivity index (χ1) is 16.4. The van der Waals surface area contributed by atoms with Gasteiger partial charge in [-0.1, -0.05) is 25.9 Å². The second kappa shape index (κ2) is 9.12. The zero-order valence-corrected chi connectivity index (χ0v) is 19.8. The maximum Gasteiger partial charge on any atom is 0.155 e. The lowest BCUT2D eigenvalue weighted by Gasteiger charge is -2.26. The van der Waals surface area contributed by atoms with Crippen LogP contribution in [0.5, 0.6) is 5.75 Å². The fourth-order valence-corrected chi connectivity index (χ4v) is 4.32. The topological polar surface area (TPSA) is 84.7 Å². The lowest BCUT2D eigenvalue weighted by atomic mass is 9.92. The summed E-state index contributed by atoms with van der Waals surface area (Å²) in [5.74, 6) is 1.23. The molecule has 1 aliphatic heterocycles. The molecule has 1 saturated heterocycles. The molecule has 4 aromatic rings. The first kappa shape index (κ1) is 22.4. The summed E-state index contributed by atoms with van der Waals surface area (Å²) in [4.78, 5) is 6.94. The quantitative estimate of drug-likeness (QED) is 0.356. The van der Waals surface area contributed by atoms with E-state index in [1.807, 2.05) is 30.6 Å². The summed E-state index contributed by atoms with van der Waals surface area (Å²) >= 11 is 0. The largest absolute Gasteiger partial charge is 0.492 e. The van der Waals surface area contributed by atoms with E-state index in [0.717, 1.165) is 38.4 Å². The van der Waals surface area contributed by atoms with Crippen molar-refractivity contribution in [3.8, 4) is 17.2 Å². The highest BCUT2D eigenvalue weighted by atomic mass is 16.5. The summed E-state index contributed by atoms with van der Waals surface area (Å²) in [7, 11) is 0. The fourth-order valence-electron chi connectivity index (χ4n) is 4.32. The minimum Gasteiger partial charge on any atom is -0.492 e. The molecule has 3 aromatic heterocycles. The number of hydrogen-bond acceptors (Lipinski definition) is 7. The molecular weight excluding hydrogens is 432 g/mol. The Bertz CT molecular complexity index is 1380. The number of rotatable bonds is 5. The van der Waals surface area contributed by atoms with Gasteiger partial charge in [-0.15, -0.1) is 0 Å². The number of hydrogen-bond donors (Lipinski definition) is 1. The molecule has 1 aliphatic rings. The third kappa shape index (κ3) is 4.51. The van der Waals surface area contributed by atoms with Gasteiger partial charge in [0, 0.05) is 42.3 Å². The number of benzene rings is 1. The molecule has 4 heterocycles. The molecule has 0 spiro atoms.